The van der Waals surface area contributed by atoms with Gasteiger partial charge >= 0.3 is 0 Å². The van der Waals surface area contributed by atoms with Crippen LogP contribution in [0.15, 0.2) is 42.5 Å². The maximum absolute atomic E-state index is 12.5. The topological polar surface area (TPSA) is 78.2 Å². The zero-order valence-corrected chi connectivity index (χ0v) is 14.4. The van der Waals surface area contributed by atoms with Crippen LogP contribution in [0.1, 0.15) is 29.5 Å². The summed E-state index contributed by atoms with van der Waals surface area (Å²) < 4.78 is 0. The van der Waals surface area contributed by atoms with Gasteiger partial charge in [0.05, 0.1) is 16.5 Å². The summed E-state index contributed by atoms with van der Waals surface area (Å²) in [5.74, 6) is -0.475. The third-order valence-corrected chi connectivity index (χ3v) is 5.48. The van der Waals surface area contributed by atoms with Crippen molar-refractivity contribution in [3.8, 4) is 5.75 Å². The fourth-order valence-corrected chi connectivity index (χ4v) is 4.28. The van der Waals surface area contributed by atoms with Crippen LogP contribution in [0.4, 0.5) is 11.4 Å². The number of nitro groups is 1. The fourth-order valence-electron chi connectivity index (χ4n) is 3.88. The molecule has 0 saturated carbocycles. The van der Waals surface area contributed by atoms with Crippen LogP contribution in [0.5, 0.6) is 5.75 Å². The van der Waals surface area contributed by atoms with E-state index in [0.29, 0.717) is 10.6 Å². The first-order chi connectivity index (χ1) is 12.0. The molecule has 0 spiro atoms. The number of benzene rings is 2. The highest BCUT2D eigenvalue weighted by Gasteiger charge is 2.42. The van der Waals surface area contributed by atoms with Crippen molar-refractivity contribution >= 4 is 34.6 Å². The first-order valence-corrected chi connectivity index (χ1v) is 8.59. The van der Waals surface area contributed by atoms with Gasteiger partial charge in [0.25, 0.3) is 5.69 Å². The molecule has 0 amide bonds. The molecule has 2 aromatic rings. The molecule has 5 nitrogen and oxygen atoms in total. The second-order valence-corrected chi connectivity index (χ2v) is 7.12. The van der Waals surface area contributed by atoms with Gasteiger partial charge in [-0.15, -0.1) is 0 Å². The second-order valence-electron chi connectivity index (χ2n) is 6.28. The van der Waals surface area contributed by atoms with Gasteiger partial charge in [-0.2, -0.15) is 0 Å². The van der Waals surface area contributed by atoms with Gasteiger partial charge in [0, 0.05) is 16.6 Å². The van der Waals surface area contributed by atoms with Crippen molar-refractivity contribution in [1.29, 1.82) is 0 Å². The quantitative estimate of drug-likeness (QED) is 0.464. The molecule has 1 N–H and O–H groups in total. The predicted octanol–water partition coefficient (Wildman–Crippen LogP) is 4.80. The highest BCUT2D eigenvalue weighted by Crippen LogP contribution is 2.55. The molecule has 1 aliphatic carbocycles. The van der Waals surface area contributed by atoms with Gasteiger partial charge in [0.1, 0.15) is 5.02 Å². The maximum atomic E-state index is 12.5. The molecular weight excluding hydrogens is 363 g/mol. The van der Waals surface area contributed by atoms with Crippen molar-refractivity contribution in [3.05, 3.63) is 73.8 Å². The average Bonchev–Trinajstić information content (AvgIpc) is 3.04. The summed E-state index contributed by atoms with van der Waals surface area (Å²) in [6, 6.07) is 8.41. The van der Waals surface area contributed by atoms with Gasteiger partial charge < -0.3 is 10.4 Å². The minimum absolute atomic E-state index is 0.0743. The molecule has 128 valence electrons. The van der Waals surface area contributed by atoms with E-state index < -0.39 is 4.92 Å². The van der Waals surface area contributed by atoms with Crippen LogP contribution in [0.3, 0.4) is 0 Å². The Labute approximate surface area is 154 Å². The van der Waals surface area contributed by atoms with Crippen molar-refractivity contribution in [3.63, 3.8) is 0 Å². The van der Waals surface area contributed by atoms with E-state index in [1.165, 1.54) is 0 Å². The van der Waals surface area contributed by atoms with Gasteiger partial charge in [-0.25, -0.2) is 0 Å². The van der Waals surface area contributed by atoms with Crippen molar-refractivity contribution in [2.24, 2.45) is 5.92 Å². The number of anilines is 1. The van der Waals surface area contributed by atoms with Crippen LogP contribution in [0.2, 0.25) is 10.0 Å². The number of halogens is 2. The van der Waals surface area contributed by atoms with Crippen LogP contribution in [-0.2, 0) is 0 Å². The van der Waals surface area contributed by atoms with E-state index in [9.17, 15) is 15.2 Å². The van der Waals surface area contributed by atoms with Crippen LogP contribution in [0, 0.1) is 16.0 Å². The summed E-state index contributed by atoms with van der Waals surface area (Å²) in [5.41, 5.74) is 1.47. The molecule has 0 aromatic heterocycles. The summed E-state index contributed by atoms with van der Waals surface area (Å²) in [4.78, 5) is 11.0. The maximum Gasteiger partial charge on any atom is 0.293 e. The van der Waals surface area contributed by atoms with Gasteiger partial charge in [-0.1, -0.05) is 53.2 Å². The van der Waals surface area contributed by atoms with Crippen molar-refractivity contribution in [2.75, 3.05) is 5.32 Å². The zero-order valence-electron chi connectivity index (χ0n) is 12.9. The molecule has 3 atom stereocenters. The molecule has 0 radical (unpaired) electrons. The largest absolute Gasteiger partial charge is 0.871 e. The van der Waals surface area contributed by atoms with E-state index in [2.05, 4.69) is 5.32 Å². The number of nitrogens with one attached hydrogen (secondary N) is 1. The molecule has 0 saturated heterocycles. The van der Waals surface area contributed by atoms with E-state index >= 15 is 0 Å². The van der Waals surface area contributed by atoms with Crippen molar-refractivity contribution in [1.82, 2.24) is 0 Å². The standard InChI is InChI=1S/C18H14Cl2N2O3/c19-10-6-4-9(5-7-10)16-12-3-1-2-11(12)15-17(21-16)14(23)8-13(20)18(15)22(24)25/h1-2,4-8,11-12,16,21,23H,3H2/p-1/t11-,12+,16+/m0/s1. The number of rotatable bonds is 2. The van der Waals surface area contributed by atoms with Crippen molar-refractivity contribution in [2.45, 2.75) is 18.4 Å². The zero-order chi connectivity index (χ0) is 17.7. The van der Waals surface area contributed by atoms with E-state index in [1.807, 2.05) is 24.3 Å². The third kappa shape index (κ3) is 2.55. The molecule has 1 heterocycles. The third-order valence-electron chi connectivity index (χ3n) is 4.94. The van der Waals surface area contributed by atoms with Crippen LogP contribution >= 0.6 is 23.2 Å². The van der Waals surface area contributed by atoms with Gasteiger partial charge in [0.15, 0.2) is 0 Å². The number of hydrogen-bond donors (Lipinski definition) is 1. The first-order valence-electron chi connectivity index (χ1n) is 7.84. The monoisotopic (exact) mass is 375 g/mol. The number of nitrogens with zero attached hydrogens (tertiary/aromatic N) is 1. The predicted molar refractivity (Wildman–Crippen MR) is 95.4 cm³/mol. The van der Waals surface area contributed by atoms with Gasteiger partial charge in [-0.05, 0) is 36.1 Å². The number of nitro benzene ring substituents is 1. The van der Waals surface area contributed by atoms with Gasteiger partial charge in [0.2, 0.25) is 0 Å². The lowest BCUT2D eigenvalue weighted by atomic mass is 9.76. The smallest absolute Gasteiger partial charge is 0.293 e. The second kappa shape index (κ2) is 5.93. The number of allylic oxidation sites excluding steroid dienone is 2. The summed E-state index contributed by atoms with van der Waals surface area (Å²) in [7, 11) is 0. The summed E-state index contributed by atoms with van der Waals surface area (Å²) in [6.07, 6.45) is 4.71. The van der Waals surface area contributed by atoms with Crippen LogP contribution in [-0.4, -0.2) is 4.92 Å². The average molecular weight is 376 g/mol. The fraction of sp³-hybridized carbons (Fsp3) is 0.222. The molecule has 7 heteroatoms. The molecular formula is C18H13Cl2N2O3-. The Morgan fingerprint density at radius 1 is 1.20 bits per heavy atom. The Morgan fingerprint density at radius 2 is 1.92 bits per heavy atom. The highest BCUT2D eigenvalue weighted by atomic mass is 35.5. The molecule has 0 bridgehead atoms. The van der Waals surface area contributed by atoms with Crippen molar-refractivity contribution < 1.29 is 10.0 Å². The number of hydrogen-bond acceptors (Lipinski definition) is 4. The van der Waals surface area contributed by atoms with E-state index in [4.69, 9.17) is 23.2 Å². The summed E-state index contributed by atoms with van der Waals surface area (Å²) >= 11 is 12.0. The molecule has 2 aromatic carbocycles. The summed E-state index contributed by atoms with van der Waals surface area (Å²) in [6.45, 7) is 0. The first kappa shape index (κ1) is 16.2. The normalized spacial score (nSPS) is 23.7. The Kier molecular flexibility index (Phi) is 3.85. The van der Waals surface area contributed by atoms with E-state index in [-0.39, 0.29) is 40.0 Å². The molecule has 1 aliphatic heterocycles. The van der Waals surface area contributed by atoms with Crippen LogP contribution < -0.4 is 10.4 Å². The van der Waals surface area contributed by atoms with E-state index in [0.717, 1.165) is 18.1 Å². The van der Waals surface area contributed by atoms with Gasteiger partial charge in [-0.3, -0.25) is 10.1 Å². The molecule has 25 heavy (non-hydrogen) atoms. The molecule has 4 rings (SSSR count). The molecule has 0 fully saturated rings. The lowest BCUT2D eigenvalue weighted by Gasteiger charge is -2.39. The minimum atomic E-state index is -0.506. The van der Waals surface area contributed by atoms with E-state index in [1.54, 1.807) is 12.1 Å². The van der Waals surface area contributed by atoms with Crippen LogP contribution in [0.25, 0.3) is 0 Å². The Hall–Kier alpha value is -2.24. The highest BCUT2D eigenvalue weighted by molar-refractivity contribution is 6.33. The lowest BCUT2D eigenvalue weighted by Crippen LogP contribution is -2.30. The number of fused-ring (bicyclic) bond motifs is 3. The Morgan fingerprint density at radius 3 is 2.60 bits per heavy atom. The SMILES string of the molecule is O=[N+]([O-])c1c(Cl)cc([O-])c2c1[C@H]1C=CC[C@H]1[C@@H](c1ccc(Cl)cc1)N2. The molecule has 2 aliphatic rings. The Balaban J connectivity index is 1.89. The Bertz CT molecular complexity index is 896. The molecule has 0 unspecified atom stereocenters. The minimum Gasteiger partial charge on any atom is -0.871 e. The summed E-state index contributed by atoms with van der Waals surface area (Å²) in [5, 5.41) is 27.8. The lowest BCUT2D eigenvalue weighted by molar-refractivity contribution is -0.385.